The Balaban J connectivity index is 1.41. The van der Waals surface area contributed by atoms with Gasteiger partial charge in [-0.3, -0.25) is 0 Å². The van der Waals surface area contributed by atoms with Crippen LogP contribution in [0.25, 0.3) is 11.0 Å². The number of piperazine rings is 1. The fraction of sp³-hybridized carbons (Fsp3) is 0.522. The first-order chi connectivity index (χ1) is 14.7. The number of hydrogen-bond acceptors (Lipinski definition) is 5. The molecule has 0 aromatic carbocycles. The minimum atomic E-state index is 0.466. The van der Waals surface area contributed by atoms with Gasteiger partial charge in [0.15, 0.2) is 0 Å². The van der Waals surface area contributed by atoms with Gasteiger partial charge in [-0.2, -0.15) is 9.97 Å². The number of nitrogens with two attached hydrogens (primary N) is 1. The molecule has 0 spiro atoms. The van der Waals surface area contributed by atoms with Crippen LogP contribution in [-0.2, 0) is 0 Å². The highest BCUT2D eigenvalue weighted by atomic mass is 15.2. The van der Waals surface area contributed by atoms with Crippen molar-refractivity contribution in [2.75, 3.05) is 31.1 Å². The summed E-state index contributed by atoms with van der Waals surface area (Å²) >= 11 is 0. The SMILES string of the molecule is CC(C)c1cn(C2CCCC2)c2nc([NH2+]c3ccc(N4CCNCC4)cn3)ncc12. The first kappa shape index (κ1) is 19.5. The Hall–Kier alpha value is -2.51. The Morgan fingerprint density at radius 1 is 1.07 bits per heavy atom. The number of nitrogens with zero attached hydrogens (tertiary/aromatic N) is 5. The second kappa shape index (κ2) is 8.32. The molecule has 1 saturated carbocycles. The molecule has 0 unspecified atom stereocenters. The zero-order valence-electron chi connectivity index (χ0n) is 18.0. The first-order valence-corrected chi connectivity index (χ1v) is 11.3. The molecule has 0 amide bonds. The Kier molecular flexibility index (Phi) is 5.39. The molecular formula is C23H32N7+. The summed E-state index contributed by atoms with van der Waals surface area (Å²) in [5.74, 6) is 2.10. The molecule has 5 rings (SSSR count). The van der Waals surface area contributed by atoms with E-state index in [4.69, 9.17) is 4.98 Å². The predicted molar refractivity (Wildman–Crippen MR) is 120 cm³/mol. The smallest absolute Gasteiger partial charge is 0.333 e. The summed E-state index contributed by atoms with van der Waals surface area (Å²) in [6, 6.07) is 4.79. The lowest BCUT2D eigenvalue weighted by Gasteiger charge is -2.28. The summed E-state index contributed by atoms with van der Waals surface area (Å²) < 4.78 is 2.41. The number of hydrogen-bond donors (Lipinski definition) is 2. The monoisotopic (exact) mass is 406 g/mol. The fourth-order valence-corrected chi connectivity index (χ4v) is 4.78. The highest BCUT2D eigenvalue weighted by Gasteiger charge is 2.23. The molecule has 158 valence electrons. The molecule has 0 bridgehead atoms. The van der Waals surface area contributed by atoms with Crippen LogP contribution in [0.2, 0.25) is 0 Å². The molecule has 7 nitrogen and oxygen atoms in total. The van der Waals surface area contributed by atoms with Crippen molar-refractivity contribution < 1.29 is 5.32 Å². The number of quaternary nitrogens is 1. The Morgan fingerprint density at radius 3 is 2.57 bits per heavy atom. The summed E-state index contributed by atoms with van der Waals surface area (Å²) in [5.41, 5.74) is 3.60. The van der Waals surface area contributed by atoms with Crippen LogP contribution in [0.4, 0.5) is 17.5 Å². The van der Waals surface area contributed by atoms with Crippen LogP contribution in [0.3, 0.4) is 0 Å². The molecule has 1 aliphatic heterocycles. The highest BCUT2D eigenvalue weighted by molar-refractivity contribution is 5.81. The van der Waals surface area contributed by atoms with E-state index in [9.17, 15) is 0 Å². The molecule has 3 aromatic rings. The molecule has 30 heavy (non-hydrogen) atoms. The lowest BCUT2D eigenvalue weighted by atomic mass is 10.1. The Labute approximate surface area is 177 Å². The summed E-state index contributed by atoms with van der Waals surface area (Å²) in [6.45, 7) is 8.61. The summed E-state index contributed by atoms with van der Waals surface area (Å²) in [7, 11) is 0. The lowest BCUT2D eigenvalue weighted by molar-refractivity contribution is -0.491. The van der Waals surface area contributed by atoms with Gasteiger partial charge in [-0.1, -0.05) is 26.7 Å². The van der Waals surface area contributed by atoms with Crippen molar-refractivity contribution in [3.63, 3.8) is 0 Å². The van der Waals surface area contributed by atoms with Crippen molar-refractivity contribution in [3.8, 4) is 0 Å². The van der Waals surface area contributed by atoms with Gasteiger partial charge in [0.2, 0.25) is 5.82 Å². The van der Waals surface area contributed by atoms with Crippen molar-refractivity contribution in [1.29, 1.82) is 0 Å². The number of pyridine rings is 1. The van der Waals surface area contributed by atoms with Crippen molar-refractivity contribution in [2.45, 2.75) is 51.5 Å². The van der Waals surface area contributed by atoms with Crippen LogP contribution >= 0.6 is 0 Å². The third-order valence-electron chi connectivity index (χ3n) is 6.49. The zero-order chi connectivity index (χ0) is 20.5. The van der Waals surface area contributed by atoms with Crippen LogP contribution in [0.15, 0.2) is 30.7 Å². The average Bonchev–Trinajstić information content (AvgIpc) is 3.42. The van der Waals surface area contributed by atoms with Gasteiger partial charge in [0, 0.05) is 56.1 Å². The van der Waals surface area contributed by atoms with Gasteiger partial charge in [-0.25, -0.2) is 10.3 Å². The number of fused-ring (bicyclic) bond motifs is 1. The molecule has 0 radical (unpaired) electrons. The normalized spacial score (nSPS) is 18.0. The molecule has 7 heteroatoms. The quantitative estimate of drug-likeness (QED) is 0.681. The standard InChI is InChI=1S/C23H31N7/c1-16(2)20-15-30(17-5-3-4-6-17)22-19(20)14-26-23(28-22)27-21-8-7-18(13-25-21)29-11-9-24-10-12-29/h7-8,13-17,24H,3-6,9-12H2,1-2H3,(H,25,26,27,28)/p+1. The van der Waals surface area contributed by atoms with Crippen LogP contribution in [0, 0.1) is 0 Å². The maximum atomic E-state index is 4.97. The third kappa shape index (κ3) is 3.79. The molecule has 1 aliphatic carbocycles. The van der Waals surface area contributed by atoms with E-state index in [-0.39, 0.29) is 0 Å². The van der Waals surface area contributed by atoms with Gasteiger partial charge >= 0.3 is 5.95 Å². The van der Waals surface area contributed by atoms with Gasteiger partial charge in [0.25, 0.3) is 0 Å². The number of rotatable bonds is 5. The maximum absolute atomic E-state index is 4.97. The Bertz CT molecular complexity index is 996. The van der Waals surface area contributed by atoms with Gasteiger partial charge in [0.05, 0.1) is 11.9 Å². The third-order valence-corrected chi connectivity index (χ3v) is 6.49. The number of aromatic nitrogens is 4. The summed E-state index contributed by atoms with van der Waals surface area (Å²) in [4.78, 5) is 16.7. The molecule has 0 atom stereocenters. The second-order valence-corrected chi connectivity index (χ2v) is 8.87. The molecular weight excluding hydrogens is 374 g/mol. The highest BCUT2D eigenvalue weighted by Crippen LogP contribution is 2.35. The minimum absolute atomic E-state index is 0.466. The van der Waals surface area contributed by atoms with Gasteiger partial charge in [-0.15, -0.1) is 0 Å². The van der Waals surface area contributed by atoms with Crippen molar-refractivity contribution >= 4 is 28.5 Å². The van der Waals surface area contributed by atoms with E-state index < -0.39 is 0 Å². The Morgan fingerprint density at radius 2 is 1.87 bits per heavy atom. The predicted octanol–water partition coefficient (Wildman–Crippen LogP) is 3.00. The second-order valence-electron chi connectivity index (χ2n) is 8.87. The molecule has 4 heterocycles. The summed E-state index contributed by atoms with van der Waals surface area (Å²) in [6.07, 6.45) is 11.4. The van der Waals surface area contributed by atoms with Crippen molar-refractivity contribution in [1.82, 2.24) is 24.8 Å². The van der Waals surface area contributed by atoms with E-state index in [0.717, 1.165) is 43.6 Å². The van der Waals surface area contributed by atoms with E-state index in [1.807, 2.05) is 17.7 Å². The maximum Gasteiger partial charge on any atom is 0.333 e. The van der Waals surface area contributed by atoms with Crippen LogP contribution in [-0.4, -0.2) is 45.7 Å². The summed E-state index contributed by atoms with van der Waals surface area (Å²) in [5, 5.41) is 6.57. The molecule has 2 aliphatic rings. The van der Waals surface area contributed by atoms with E-state index in [1.165, 1.54) is 42.3 Å². The van der Waals surface area contributed by atoms with E-state index in [2.05, 4.69) is 56.9 Å². The average molecular weight is 407 g/mol. The van der Waals surface area contributed by atoms with Crippen LogP contribution in [0.1, 0.15) is 57.1 Å². The van der Waals surface area contributed by atoms with Crippen molar-refractivity contribution in [3.05, 3.63) is 36.3 Å². The van der Waals surface area contributed by atoms with Gasteiger partial charge in [0.1, 0.15) is 5.65 Å². The zero-order valence-corrected chi connectivity index (χ0v) is 18.0. The van der Waals surface area contributed by atoms with Crippen LogP contribution in [0.5, 0.6) is 0 Å². The topological polar surface area (TPSA) is 75.5 Å². The molecule has 3 N–H and O–H groups in total. The largest absolute Gasteiger partial charge is 0.368 e. The van der Waals surface area contributed by atoms with Crippen LogP contribution < -0.4 is 15.5 Å². The van der Waals surface area contributed by atoms with Gasteiger partial charge < -0.3 is 14.8 Å². The van der Waals surface area contributed by atoms with E-state index in [0.29, 0.717) is 12.0 Å². The molecule has 2 fully saturated rings. The van der Waals surface area contributed by atoms with E-state index >= 15 is 0 Å². The lowest BCUT2D eigenvalue weighted by Crippen LogP contribution is -2.72. The fourth-order valence-electron chi connectivity index (χ4n) is 4.78. The minimum Gasteiger partial charge on any atom is -0.368 e. The number of anilines is 1. The van der Waals surface area contributed by atoms with E-state index in [1.54, 1.807) is 0 Å². The van der Waals surface area contributed by atoms with Gasteiger partial charge in [-0.05, 0) is 30.4 Å². The van der Waals surface area contributed by atoms with Crippen molar-refractivity contribution in [2.24, 2.45) is 0 Å². The first-order valence-electron chi connectivity index (χ1n) is 11.3. The number of nitrogens with one attached hydrogen (secondary N) is 1. The molecule has 1 saturated heterocycles. The molecule has 3 aromatic heterocycles.